The Bertz CT molecular complexity index is 965. The molecule has 26 heavy (non-hydrogen) atoms. The molecule has 0 aliphatic rings. The van der Waals surface area contributed by atoms with Crippen molar-refractivity contribution in [2.24, 2.45) is 0 Å². The summed E-state index contributed by atoms with van der Waals surface area (Å²) < 4.78 is 0. The topological polar surface area (TPSA) is 36.1 Å². The molecule has 0 fully saturated rings. The average Bonchev–Trinajstić information content (AvgIpc) is 3.13. The fraction of sp³-hybridized carbons (Fsp3) is 0.0870. The van der Waals surface area contributed by atoms with Gasteiger partial charge in [-0.1, -0.05) is 78.9 Å². The molecule has 1 N–H and O–H groups in total. The van der Waals surface area contributed by atoms with Crippen LogP contribution in [0.15, 0.2) is 91.1 Å². The predicted molar refractivity (Wildman–Crippen MR) is 105 cm³/mol. The standard InChI is InChI=1S/C23H20N2O/c26-23(21-15-24-22-14-8-7-13-20(21)22)25(16-18-9-3-1-4-10-18)17-19-11-5-2-6-12-19/h1-15,24H,16-17H2. The maximum absolute atomic E-state index is 13.3. The summed E-state index contributed by atoms with van der Waals surface area (Å²) in [5, 5.41) is 0.962. The number of fused-ring (bicyclic) bond motifs is 1. The number of H-pyrrole nitrogens is 1. The average molecular weight is 340 g/mol. The van der Waals surface area contributed by atoms with Crippen LogP contribution in [0.2, 0.25) is 0 Å². The highest BCUT2D eigenvalue weighted by molar-refractivity contribution is 6.06. The summed E-state index contributed by atoms with van der Waals surface area (Å²) in [6.45, 7) is 1.15. The van der Waals surface area contributed by atoms with Crippen molar-refractivity contribution in [1.29, 1.82) is 0 Å². The molecule has 1 aromatic heterocycles. The number of carbonyl (C=O) groups excluding carboxylic acids is 1. The Morgan fingerprint density at radius 3 is 1.88 bits per heavy atom. The molecule has 1 amide bonds. The first kappa shape index (κ1) is 16.2. The molecule has 0 unspecified atom stereocenters. The lowest BCUT2D eigenvalue weighted by Crippen LogP contribution is -2.30. The van der Waals surface area contributed by atoms with Crippen LogP contribution in [0, 0.1) is 0 Å². The smallest absolute Gasteiger partial charge is 0.256 e. The zero-order chi connectivity index (χ0) is 17.8. The summed E-state index contributed by atoms with van der Waals surface area (Å²) in [7, 11) is 0. The molecule has 0 bridgehead atoms. The molecule has 0 aliphatic heterocycles. The van der Waals surface area contributed by atoms with Crippen LogP contribution in [0.4, 0.5) is 0 Å². The van der Waals surface area contributed by atoms with E-state index in [1.54, 1.807) is 0 Å². The Morgan fingerprint density at radius 1 is 0.731 bits per heavy atom. The van der Waals surface area contributed by atoms with Crippen molar-refractivity contribution in [2.45, 2.75) is 13.1 Å². The second-order valence-corrected chi connectivity index (χ2v) is 6.38. The van der Waals surface area contributed by atoms with Crippen LogP contribution in [0.25, 0.3) is 10.9 Å². The molecule has 3 aromatic carbocycles. The SMILES string of the molecule is O=C(c1c[nH]c2ccccc12)N(Cc1ccccc1)Cc1ccccc1. The van der Waals surface area contributed by atoms with Gasteiger partial charge in [-0.25, -0.2) is 0 Å². The number of benzene rings is 3. The van der Waals surface area contributed by atoms with Gasteiger partial charge >= 0.3 is 0 Å². The van der Waals surface area contributed by atoms with Crippen molar-refractivity contribution < 1.29 is 4.79 Å². The lowest BCUT2D eigenvalue weighted by atomic mass is 10.1. The maximum Gasteiger partial charge on any atom is 0.256 e. The Hall–Kier alpha value is -3.33. The molecule has 3 heteroatoms. The van der Waals surface area contributed by atoms with Crippen molar-refractivity contribution >= 4 is 16.8 Å². The lowest BCUT2D eigenvalue weighted by Gasteiger charge is -2.23. The van der Waals surface area contributed by atoms with E-state index in [0.29, 0.717) is 18.7 Å². The Labute approximate surface area is 152 Å². The number of rotatable bonds is 5. The zero-order valence-corrected chi connectivity index (χ0v) is 14.4. The molecular formula is C23H20N2O. The summed E-state index contributed by atoms with van der Waals surface area (Å²) in [6, 6.07) is 28.1. The first-order valence-electron chi connectivity index (χ1n) is 8.74. The number of nitrogens with one attached hydrogen (secondary N) is 1. The highest BCUT2D eigenvalue weighted by atomic mass is 16.2. The van der Waals surface area contributed by atoms with E-state index >= 15 is 0 Å². The molecule has 0 saturated carbocycles. The third-order valence-corrected chi connectivity index (χ3v) is 4.54. The van der Waals surface area contributed by atoms with Gasteiger partial charge in [-0.3, -0.25) is 4.79 Å². The molecule has 0 radical (unpaired) electrons. The Balaban J connectivity index is 1.68. The molecule has 0 saturated heterocycles. The fourth-order valence-corrected chi connectivity index (χ4v) is 3.23. The summed E-state index contributed by atoms with van der Waals surface area (Å²) >= 11 is 0. The van der Waals surface area contributed by atoms with Gasteiger partial charge in [-0.2, -0.15) is 0 Å². The van der Waals surface area contributed by atoms with Crippen molar-refractivity contribution in [3.05, 3.63) is 108 Å². The number of hydrogen-bond donors (Lipinski definition) is 1. The van der Waals surface area contributed by atoms with E-state index in [-0.39, 0.29) is 5.91 Å². The van der Waals surface area contributed by atoms with E-state index in [1.165, 1.54) is 0 Å². The van der Waals surface area contributed by atoms with Gasteiger partial charge in [0.1, 0.15) is 0 Å². The largest absolute Gasteiger partial charge is 0.360 e. The van der Waals surface area contributed by atoms with E-state index in [1.807, 2.05) is 71.8 Å². The quantitative estimate of drug-likeness (QED) is 0.544. The predicted octanol–water partition coefficient (Wildman–Crippen LogP) is 5.01. The second-order valence-electron chi connectivity index (χ2n) is 6.38. The molecule has 0 atom stereocenters. The highest BCUT2D eigenvalue weighted by Gasteiger charge is 2.19. The normalized spacial score (nSPS) is 10.8. The molecule has 0 aliphatic carbocycles. The summed E-state index contributed by atoms with van der Waals surface area (Å²) in [5.74, 6) is 0.0372. The Morgan fingerprint density at radius 2 is 1.27 bits per heavy atom. The van der Waals surface area contributed by atoms with E-state index in [9.17, 15) is 4.79 Å². The zero-order valence-electron chi connectivity index (χ0n) is 14.4. The summed E-state index contributed by atoms with van der Waals surface area (Å²) in [5.41, 5.74) is 3.94. The molecule has 3 nitrogen and oxygen atoms in total. The third-order valence-electron chi connectivity index (χ3n) is 4.54. The van der Waals surface area contributed by atoms with Gasteiger partial charge in [-0.05, 0) is 17.2 Å². The maximum atomic E-state index is 13.3. The van der Waals surface area contributed by atoms with Gasteiger partial charge in [0.25, 0.3) is 5.91 Å². The van der Waals surface area contributed by atoms with Crippen LogP contribution in [0.5, 0.6) is 0 Å². The number of aromatic amines is 1. The van der Waals surface area contributed by atoms with Crippen molar-refractivity contribution in [3.63, 3.8) is 0 Å². The summed E-state index contributed by atoms with van der Waals surface area (Å²) in [6.07, 6.45) is 1.82. The number of para-hydroxylation sites is 1. The first-order valence-corrected chi connectivity index (χ1v) is 8.74. The number of nitrogens with zero attached hydrogens (tertiary/aromatic N) is 1. The van der Waals surface area contributed by atoms with Crippen LogP contribution in [0.1, 0.15) is 21.5 Å². The fourth-order valence-electron chi connectivity index (χ4n) is 3.23. The van der Waals surface area contributed by atoms with E-state index < -0.39 is 0 Å². The van der Waals surface area contributed by atoms with Gasteiger partial charge in [0.05, 0.1) is 5.56 Å². The minimum Gasteiger partial charge on any atom is -0.360 e. The minimum atomic E-state index is 0.0372. The van der Waals surface area contributed by atoms with E-state index in [4.69, 9.17) is 0 Å². The molecule has 4 rings (SSSR count). The first-order chi connectivity index (χ1) is 12.8. The van der Waals surface area contributed by atoms with Crippen LogP contribution in [-0.4, -0.2) is 15.8 Å². The van der Waals surface area contributed by atoms with Crippen molar-refractivity contribution in [2.75, 3.05) is 0 Å². The van der Waals surface area contributed by atoms with Gasteiger partial charge in [0, 0.05) is 30.2 Å². The third kappa shape index (κ3) is 3.38. The van der Waals surface area contributed by atoms with Crippen LogP contribution in [0.3, 0.4) is 0 Å². The lowest BCUT2D eigenvalue weighted by molar-refractivity contribution is 0.0732. The summed E-state index contributed by atoms with van der Waals surface area (Å²) in [4.78, 5) is 18.4. The van der Waals surface area contributed by atoms with E-state index in [2.05, 4.69) is 29.2 Å². The van der Waals surface area contributed by atoms with Gasteiger partial charge in [0.2, 0.25) is 0 Å². The minimum absolute atomic E-state index is 0.0372. The van der Waals surface area contributed by atoms with Gasteiger partial charge in [-0.15, -0.1) is 0 Å². The van der Waals surface area contributed by atoms with E-state index in [0.717, 1.165) is 22.0 Å². The van der Waals surface area contributed by atoms with Crippen LogP contribution < -0.4 is 0 Å². The van der Waals surface area contributed by atoms with Crippen LogP contribution in [-0.2, 0) is 13.1 Å². The van der Waals surface area contributed by atoms with Crippen LogP contribution >= 0.6 is 0 Å². The highest BCUT2D eigenvalue weighted by Crippen LogP contribution is 2.21. The van der Waals surface area contributed by atoms with Gasteiger partial charge < -0.3 is 9.88 Å². The molecule has 1 heterocycles. The number of amides is 1. The number of aromatic nitrogens is 1. The van der Waals surface area contributed by atoms with Crippen molar-refractivity contribution in [3.8, 4) is 0 Å². The Kier molecular flexibility index (Phi) is 4.52. The van der Waals surface area contributed by atoms with Crippen molar-refractivity contribution in [1.82, 2.24) is 9.88 Å². The second kappa shape index (κ2) is 7.28. The number of hydrogen-bond acceptors (Lipinski definition) is 1. The monoisotopic (exact) mass is 340 g/mol. The molecule has 0 spiro atoms. The van der Waals surface area contributed by atoms with Gasteiger partial charge in [0.15, 0.2) is 0 Å². The molecule has 4 aromatic rings. The molecule has 128 valence electrons. The number of carbonyl (C=O) groups is 1. The molecular weight excluding hydrogens is 320 g/mol.